The summed E-state index contributed by atoms with van der Waals surface area (Å²) in [6.45, 7) is 1.70. The first-order valence-electron chi connectivity index (χ1n) is 6.24. The summed E-state index contributed by atoms with van der Waals surface area (Å²) in [5, 5.41) is 11.3. The highest BCUT2D eigenvalue weighted by Gasteiger charge is 2.08. The number of hydrogen-bond donors (Lipinski definition) is 2. The number of ether oxygens (including phenoxy) is 1. The van der Waals surface area contributed by atoms with Crippen molar-refractivity contribution in [1.29, 1.82) is 0 Å². The van der Waals surface area contributed by atoms with Crippen LogP contribution in [0.5, 0.6) is 5.75 Å². The summed E-state index contributed by atoms with van der Waals surface area (Å²) < 4.78 is 5.39. The maximum absolute atomic E-state index is 11.8. The molecule has 0 radical (unpaired) electrons. The predicted octanol–water partition coefficient (Wildman–Crippen LogP) is 2.11. The van der Waals surface area contributed by atoms with E-state index in [-0.39, 0.29) is 18.0 Å². The van der Waals surface area contributed by atoms with Gasteiger partial charge in [-0.3, -0.25) is 4.79 Å². The van der Waals surface area contributed by atoms with Gasteiger partial charge in [0, 0.05) is 6.20 Å². The maximum atomic E-state index is 11.8. The molecule has 1 amide bonds. The van der Waals surface area contributed by atoms with Gasteiger partial charge in [0.05, 0.1) is 5.56 Å². The van der Waals surface area contributed by atoms with E-state index < -0.39 is 11.9 Å². The average molecular weight is 286 g/mol. The highest BCUT2D eigenvalue weighted by Crippen LogP contribution is 2.16. The van der Waals surface area contributed by atoms with Crippen molar-refractivity contribution in [2.24, 2.45) is 0 Å². The zero-order valence-corrected chi connectivity index (χ0v) is 11.4. The van der Waals surface area contributed by atoms with E-state index in [2.05, 4.69) is 10.3 Å². The SMILES string of the molecule is Cc1ccccc1OCC(=O)Nc1cc(C(=O)O)ccn1. The Bertz CT molecular complexity index is 670. The number of benzene rings is 1. The van der Waals surface area contributed by atoms with Crippen LogP contribution in [0.25, 0.3) is 0 Å². The first-order valence-corrected chi connectivity index (χ1v) is 6.24. The van der Waals surface area contributed by atoms with Crippen LogP contribution in [0.1, 0.15) is 15.9 Å². The van der Waals surface area contributed by atoms with Crippen molar-refractivity contribution < 1.29 is 19.4 Å². The maximum Gasteiger partial charge on any atom is 0.335 e. The molecule has 0 saturated carbocycles. The second-order valence-corrected chi connectivity index (χ2v) is 4.34. The molecule has 108 valence electrons. The number of rotatable bonds is 5. The smallest absolute Gasteiger partial charge is 0.335 e. The Labute approximate surface area is 121 Å². The normalized spacial score (nSPS) is 9.95. The molecule has 6 nitrogen and oxygen atoms in total. The first kappa shape index (κ1) is 14.5. The van der Waals surface area contributed by atoms with E-state index in [9.17, 15) is 9.59 Å². The summed E-state index contributed by atoms with van der Waals surface area (Å²) in [4.78, 5) is 26.5. The number of pyridine rings is 1. The molecule has 0 atom stereocenters. The standard InChI is InChI=1S/C15H14N2O4/c1-10-4-2-3-5-12(10)21-9-14(18)17-13-8-11(15(19)20)6-7-16-13/h2-8H,9H2,1H3,(H,19,20)(H,16,17,18). The van der Waals surface area contributed by atoms with Crippen molar-refractivity contribution >= 4 is 17.7 Å². The molecule has 0 bridgehead atoms. The molecule has 2 N–H and O–H groups in total. The van der Waals surface area contributed by atoms with Crippen LogP contribution in [0.4, 0.5) is 5.82 Å². The fourth-order valence-corrected chi connectivity index (χ4v) is 1.67. The topological polar surface area (TPSA) is 88.5 Å². The minimum absolute atomic E-state index is 0.0557. The number of carboxylic acid groups (broad SMARTS) is 1. The van der Waals surface area contributed by atoms with Gasteiger partial charge in [0.2, 0.25) is 0 Å². The van der Waals surface area contributed by atoms with E-state index >= 15 is 0 Å². The fourth-order valence-electron chi connectivity index (χ4n) is 1.67. The number of carbonyl (C=O) groups excluding carboxylic acids is 1. The molecule has 1 heterocycles. The van der Waals surface area contributed by atoms with Crippen molar-refractivity contribution in [1.82, 2.24) is 4.98 Å². The second-order valence-electron chi connectivity index (χ2n) is 4.34. The van der Waals surface area contributed by atoms with Crippen LogP contribution in [0, 0.1) is 6.92 Å². The minimum atomic E-state index is -1.08. The second kappa shape index (κ2) is 6.51. The number of para-hydroxylation sites is 1. The average Bonchev–Trinajstić information content (AvgIpc) is 2.46. The highest BCUT2D eigenvalue weighted by molar-refractivity contribution is 5.93. The molecule has 0 aliphatic carbocycles. The summed E-state index contributed by atoms with van der Waals surface area (Å²) in [5.41, 5.74) is 0.983. The lowest BCUT2D eigenvalue weighted by Gasteiger charge is -2.09. The molecule has 6 heteroatoms. The number of hydrogen-bond acceptors (Lipinski definition) is 4. The lowest BCUT2D eigenvalue weighted by Crippen LogP contribution is -2.21. The van der Waals surface area contributed by atoms with Gasteiger partial charge in [-0.15, -0.1) is 0 Å². The van der Waals surface area contributed by atoms with Gasteiger partial charge >= 0.3 is 5.97 Å². The van der Waals surface area contributed by atoms with Crippen molar-refractivity contribution in [3.05, 3.63) is 53.7 Å². The lowest BCUT2D eigenvalue weighted by molar-refractivity contribution is -0.118. The molecule has 0 saturated heterocycles. The number of carbonyl (C=O) groups is 2. The molecule has 21 heavy (non-hydrogen) atoms. The van der Waals surface area contributed by atoms with Gasteiger partial charge in [-0.2, -0.15) is 0 Å². The Morgan fingerprint density at radius 3 is 2.76 bits per heavy atom. The van der Waals surface area contributed by atoms with Crippen molar-refractivity contribution in [2.75, 3.05) is 11.9 Å². The number of anilines is 1. The third-order valence-corrected chi connectivity index (χ3v) is 2.73. The van der Waals surface area contributed by atoms with Crippen LogP contribution in [0.3, 0.4) is 0 Å². The summed E-state index contributed by atoms with van der Waals surface area (Å²) in [7, 11) is 0. The molecule has 0 aliphatic heterocycles. The summed E-state index contributed by atoms with van der Waals surface area (Å²) in [5.74, 6) is -0.689. The van der Waals surface area contributed by atoms with E-state index in [1.165, 1.54) is 18.3 Å². The monoisotopic (exact) mass is 286 g/mol. The number of nitrogens with one attached hydrogen (secondary N) is 1. The molecule has 0 spiro atoms. The number of nitrogens with zero attached hydrogens (tertiary/aromatic N) is 1. The molecule has 1 aromatic carbocycles. The predicted molar refractivity (Wildman–Crippen MR) is 76.5 cm³/mol. The first-order chi connectivity index (χ1) is 10.1. The van der Waals surface area contributed by atoms with Gasteiger partial charge < -0.3 is 15.2 Å². The third-order valence-electron chi connectivity index (χ3n) is 2.73. The molecule has 0 aliphatic rings. The summed E-state index contributed by atoms with van der Waals surface area (Å²) in [6.07, 6.45) is 1.32. The zero-order chi connectivity index (χ0) is 15.2. The van der Waals surface area contributed by atoms with Crippen LogP contribution in [0.2, 0.25) is 0 Å². The Kier molecular flexibility index (Phi) is 4.50. The van der Waals surface area contributed by atoms with Crippen molar-refractivity contribution in [3.63, 3.8) is 0 Å². The Morgan fingerprint density at radius 1 is 1.29 bits per heavy atom. The molecule has 2 aromatic rings. The summed E-state index contributed by atoms with van der Waals surface area (Å²) in [6, 6.07) is 9.98. The van der Waals surface area contributed by atoms with E-state index in [4.69, 9.17) is 9.84 Å². The van der Waals surface area contributed by atoms with Crippen molar-refractivity contribution in [2.45, 2.75) is 6.92 Å². The van der Waals surface area contributed by atoms with Gasteiger partial charge in [0.1, 0.15) is 11.6 Å². The largest absolute Gasteiger partial charge is 0.483 e. The van der Waals surface area contributed by atoms with Gasteiger partial charge in [-0.1, -0.05) is 18.2 Å². The molecule has 1 aromatic heterocycles. The van der Waals surface area contributed by atoms with Gasteiger partial charge in [0.15, 0.2) is 6.61 Å². The number of aromatic carboxylic acids is 1. The van der Waals surface area contributed by atoms with Crippen LogP contribution >= 0.6 is 0 Å². The van der Waals surface area contributed by atoms with E-state index in [0.29, 0.717) is 5.75 Å². The number of carboxylic acids is 1. The lowest BCUT2D eigenvalue weighted by atomic mass is 10.2. The zero-order valence-electron chi connectivity index (χ0n) is 11.4. The number of aryl methyl sites for hydroxylation is 1. The number of aromatic nitrogens is 1. The third kappa shape index (κ3) is 4.04. The van der Waals surface area contributed by atoms with Crippen LogP contribution in [-0.4, -0.2) is 28.6 Å². The van der Waals surface area contributed by atoms with Crippen molar-refractivity contribution in [3.8, 4) is 5.75 Å². The summed E-state index contributed by atoms with van der Waals surface area (Å²) >= 11 is 0. The van der Waals surface area contributed by atoms with Crippen LogP contribution in [0.15, 0.2) is 42.6 Å². The van der Waals surface area contributed by atoms with E-state index in [1.54, 1.807) is 6.07 Å². The minimum Gasteiger partial charge on any atom is -0.483 e. The van der Waals surface area contributed by atoms with E-state index in [0.717, 1.165) is 5.56 Å². The molecule has 0 fully saturated rings. The van der Waals surface area contributed by atoms with Gasteiger partial charge in [-0.05, 0) is 30.7 Å². The molecular formula is C15H14N2O4. The number of amides is 1. The van der Waals surface area contributed by atoms with Crippen LogP contribution in [-0.2, 0) is 4.79 Å². The molecule has 2 rings (SSSR count). The Hall–Kier alpha value is -2.89. The van der Waals surface area contributed by atoms with Gasteiger partial charge in [0.25, 0.3) is 5.91 Å². The fraction of sp³-hybridized carbons (Fsp3) is 0.133. The quantitative estimate of drug-likeness (QED) is 0.878. The van der Waals surface area contributed by atoms with Crippen LogP contribution < -0.4 is 10.1 Å². The van der Waals surface area contributed by atoms with Gasteiger partial charge in [-0.25, -0.2) is 9.78 Å². The Balaban J connectivity index is 1.95. The Morgan fingerprint density at radius 2 is 2.05 bits per heavy atom. The molecular weight excluding hydrogens is 272 g/mol. The van der Waals surface area contributed by atoms with E-state index in [1.807, 2.05) is 25.1 Å². The molecule has 0 unspecified atom stereocenters. The highest BCUT2D eigenvalue weighted by atomic mass is 16.5.